The maximum Gasteiger partial charge on any atom is 0.115 e. The summed E-state index contributed by atoms with van der Waals surface area (Å²) in [4.78, 5) is 11.3. The molecule has 1 saturated heterocycles. The zero-order chi connectivity index (χ0) is 11.0. The fourth-order valence-electron chi connectivity index (χ4n) is 2.80. The van der Waals surface area contributed by atoms with Crippen LogP contribution >= 0.6 is 0 Å². The van der Waals surface area contributed by atoms with Gasteiger partial charge in [0, 0.05) is 43.2 Å². The van der Waals surface area contributed by atoms with Gasteiger partial charge in [-0.25, -0.2) is 9.97 Å². The monoisotopic (exact) mass is 218 g/mol. The Hall–Kier alpha value is -1.00. The van der Waals surface area contributed by atoms with Crippen LogP contribution in [0.5, 0.6) is 0 Å². The number of aromatic nitrogens is 2. The average molecular weight is 218 g/mol. The minimum atomic E-state index is 0.613. The van der Waals surface area contributed by atoms with Crippen molar-refractivity contribution in [1.29, 1.82) is 0 Å². The summed E-state index contributed by atoms with van der Waals surface area (Å²) in [5, 5.41) is 3.42. The second-order valence-corrected chi connectivity index (χ2v) is 4.86. The number of nitrogens with one attached hydrogen (secondary N) is 1. The van der Waals surface area contributed by atoms with Crippen LogP contribution in [0.1, 0.15) is 29.3 Å². The smallest absolute Gasteiger partial charge is 0.115 e. The topological polar surface area (TPSA) is 41.1 Å². The average Bonchev–Trinajstić information content (AvgIpc) is 2.75. The molecular formula is C12H18N4. The molecule has 1 N–H and O–H groups in total. The fourth-order valence-corrected chi connectivity index (χ4v) is 2.80. The van der Waals surface area contributed by atoms with Crippen LogP contribution in [0.3, 0.4) is 0 Å². The molecule has 0 aromatic carbocycles. The number of rotatable bonds is 1. The summed E-state index contributed by atoms with van der Waals surface area (Å²) in [6.07, 6.45) is 4.03. The highest BCUT2D eigenvalue weighted by molar-refractivity contribution is 5.30. The van der Waals surface area contributed by atoms with Crippen molar-refractivity contribution < 1.29 is 0 Å². The van der Waals surface area contributed by atoms with Crippen LogP contribution in [0.25, 0.3) is 0 Å². The van der Waals surface area contributed by atoms with Crippen molar-refractivity contribution in [1.82, 2.24) is 20.2 Å². The van der Waals surface area contributed by atoms with E-state index in [-0.39, 0.29) is 0 Å². The summed E-state index contributed by atoms with van der Waals surface area (Å²) in [7, 11) is 2.19. The summed E-state index contributed by atoms with van der Waals surface area (Å²) >= 11 is 0. The highest BCUT2D eigenvalue weighted by Crippen LogP contribution is 2.28. The van der Waals surface area contributed by atoms with E-state index in [1.54, 1.807) is 6.33 Å². The molecule has 1 aromatic rings. The van der Waals surface area contributed by atoms with E-state index in [2.05, 4.69) is 27.2 Å². The first-order chi connectivity index (χ1) is 7.84. The number of hydrogen-bond donors (Lipinski definition) is 1. The number of hydrogen-bond acceptors (Lipinski definition) is 4. The number of fused-ring (bicyclic) bond motifs is 1. The molecule has 0 saturated carbocycles. The van der Waals surface area contributed by atoms with Crippen molar-refractivity contribution in [3.63, 3.8) is 0 Å². The lowest BCUT2D eigenvalue weighted by atomic mass is 9.96. The van der Waals surface area contributed by atoms with Crippen LogP contribution < -0.4 is 5.32 Å². The molecule has 4 heteroatoms. The van der Waals surface area contributed by atoms with Crippen molar-refractivity contribution in [2.24, 2.45) is 0 Å². The predicted molar refractivity (Wildman–Crippen MR) is 62.3 cm³/mol. The van der Waals surface area contributed by atoms with Crippen LogP contribution in [-0.2, 0) is 13.0 Å². The lowest BCUT2D eigenvalue weighted by Crippen LogP contribution is -2.27. The Labute approximate surface area is 96.1 Å². The highest BCUT2D eigenvalue weighted by atomic mass is 15.1. The van der Waals surface area contributed by atoms with E-state index in [0.29, 0.717) is 5.92 Å². The summed E-state index contributed by atoms with van der Waals surface area (Å²) in [6.45, 7) is 4.33. The number of likely N-dealkylation sites (tertiary alicyclic amines) is 1. The molecule has 3 heterocycles. The van der Waals surface area contributed by atoms with Gasteiger partial charge in [0.15, 0.2) is 0 Å². The quantitative estimate of drug-likeness (QED) is 0.747. The molecule has 0 spiro atoms. The first-order valence-corrected chi connectivity index (χ1v) is 6.06. The standard InChI is InChI=1S/C12H18N4/c1-16-5-3-9(7-16)12-10-6-13-4-2-11(10)14-8-15-12/h8-9,13H,2-7H2,1H3. The van der Waals surface area contributed by atoms with Crippen molar-refractivity contribution >= 4 is 0 Å². The van der Waals surface area contributed by atoms with Crippen molar-refractivity contribution in [2.75, 3.05) is 26.7 Å². The van der Waals surface area contributed by atoms with E-state index < -0.39 is 0 Å². The first-order valence-electron chi connectivity index (χ1n) is 6.06. The van der Waals surface area contributed by atoms with Gasteiger partial charge in [-0.15, -0.1) is 0 Å². The van der Waals surface area contributed by atoms with Gasteiger partial charge in [0.2, 0.25) is 0 Å². The third-order valence-corrected chi connectivity index (χ3v) is 3.69. The Morgan fingerprint density at radius 1 is 1.44 bits per heavy atom. The van der Waals surface area contributed by atoms with Gasteiger partial charge in [0.05, 0.1) is 5.69 Å². The van der Waals surface area contributed by atoms with Crippen LogP contribution in [-0.4, -0.2) is 41.5 Å². The SMILES string of the molecule is CN1CCC(c2ncnc3c2CNCC3)C1. The van der Waals surface area contributed by atoms with Crippen molar-refractivity contribution in [2.45, 2.75) is 25.3 Å². The maximum absolute atomic E-state index is 4.53. The molecule has 0 bridgehead atoms. The summed E-state index contributed by atoms with van der Waals surface area (Å²) in [5.74, 6) is 0.613. The zero-order valence-corrected chi connectivity index (χ0v) is 9.74. The van der Waals surface area contributed by atoms with Gasteiger partial charge >= 0.3 is 0 Å². The van der Waals surface area contributed by atoms with Gasteiger partial charge < -0.3 is 10.2 Å². The van der Waals surface area contributed by atoms with E-state index in [4.69, 9.17) is 0 Å². The van der Waals surface area contributed by atoms with Gasteiger partial charge in [0.1, 0.15) is 6.33 Å². The van der Waals surface area contributed by atoms with E-state index in [9.17, 15) is 0 Å². The molecule has 2 aliphatic rings. The van der Waals surface area contributed by atoms with Crippen LogP contribution in [0.2, 0.25) is 0 Å². The minimum Gasteiger partial charge on any atom is -0.312 e. The molecule has 16 heavy (non-hydrogen) atoms. The molecule has 1 unspecified atom stereocenters. The summed E-state index contributed by atoms with van der Waals surface area (Å²) in [6, 6.07) is 0. The van der Waals surface area contributed by atoms with E-state index in [0.717, 1.165) is 26.1 Å². The predicted octanol–water partition coefficient (Wildman–Crippen LogP) is 0.541. The van der Waals surface area contributed by atoms with Crippen LogP contribution in [0.15, 0.2) is 6.33 Å². The molecule has 3 rings (SSSR count). The fraction of sp³-hybridized carbons (Fsp3) is 0.667. The Morgan fingerprint density at radius 3 is 3.19 bits per heavy atom. The Balaban J connectivity index is 1.94. The van der Waals surface area contributed by atoms with Crippen molar-refractivity contribution in [3.8, 4) is 0 Å². The minimum absolute atomic E-state index is 0.613. The van der Waals surface area contributed by atoms with Gasteiger partial charge in [-0.3, -0.25) is 0 Å². The Bertz CT molecular complexity index is 391. The number of nitrogens with zero attached hydrogens (tertiary/aromatic N) is 3. The largest absolute Gasteiger partial charge is 0.312 e. The second kappa shape index (κ2) is 4.11. The third-order valence-electron chi connectivity index (χ3n) is 3.69. The normalized spacial score (nSPS) is 25.7. The molecule has 1 fully saturated rings. The molecule has 0 aliphatic carbocycles. The molecule has 0 amide bonds. The molecule has 1 aromatic heterocycles. The maximum atomic E-state index is 4.53. The summed E-state index contributed by atoms with van der Waals surface area (Å²) < 4.78 is 0. The van der Waals surface area contributed by atoms with Crippen LogP contribution in [0.4, 0.5) is 0 Å². The first kappa shape index (κ1) is 10.2. The lowest BCUT2D eigenvalue weighted by molar-refractivity contribution is 0.410. The third kappa shape index (κ3) is 1.72. The van der Waals surface area contributed by atoms with E-state index in [1.807, 2.05) is 0 Å². The highest BCUT2D eigenvalue weighted by Gasteiger charge is 2.26. The van der Waals surface area contributed by atoms with Gasteiger partial charge in [-0.2, -0.15) is 0 Å². The van der Waals surface area contributed by atoms with Gasteiger partial charge in [0.25, 0.3) is 0 Å². The van der Waals surface area contributed by atoms with Gasteiger partial charge in [-0.1, -0.05) is 0 Å². The van der Waals surface area contributed by atoms with Crippen LogP contribution in [0, 0.1) is 0 Å². The second-order valence-electron chi connectivity index (χ2n) is 4.86. The number of likely N-dealkylation sites (N-methyl/N-ethyl adjacent to an activating group) is 1. The molecular weight excluding hydrogens is 200 g/mol. The molecule has 1 atom stereocenters. The van der Waals surface area contributed by atoms with E-state index in [1.165, 1.54) is 29.9 Å². The van der Waals surface area contributed by atoms with Crippen molar-refractivity contribution in [3.05, 3.63) is 23.3 Å². The van der Waals surface area contributed by atoms with E-state index >= 15 is 0 Å². The Kier molecular flexibility index (Phi) is 2.61. The molecule has 86 valence electrons. The molecule has 4 nitrogen and oxygen atoms in total. The zero-order valence-electron chi connectivity index (χ0n) is 9.74. The molecule has 2 aliphatic heterocycles. The summed E-state index contributed by atoms with van der Waals surface area (Å²) in [5.41, 5.74) is 3.92. The lowest BCUT2D eigenvalue weighted by Gasteiger charge is -2.21. The van der Waals surface area contributed by atoms with Gasteiger partial charge in [-0.05, 0) is 20.0 Å². The molecule has 0 radical (unpaired) electrons. The Morgan fingerprint density at radius 2 is 2.38 bits per heavy atom.